The third-order valence-corrected chi connectivity index (χ3v) is 5.46. The van der Waals surface area contributed by atoms with E-state index in [1.165, 1.54) is 11.8 Å². The van der Waals surface area contributed by atoms with E-state index in [1.807, 2.05) is 37.3 Å². The number of carbonyl (C=O) groups is 2. The molecule has 3 rings (SSSR count). The molecule has 1 aliphatic rings. The van der Waals surface area contributed by atoms with Crippen molar-refractivity contribution in [1.82, 2.24) is 5.32 Å². The predicted molar refractivity (Wildman–Crippen MR) is 100 cm³/mol. The van der Waals surface area contributed by atoms with Crippen molar-refractivity contribution in [3.05, 3.63) is 58.1 Å². The molecular weight excluding hydrogens is 388 g/mol. The Balaban J connectivity index is 1.77. The third kappa shape index (κ3) is 3.82. The van der Waals surface area contributed by atoms with E-state index in [4.69, 9.17) is 0 Å². The summed E-state index contributed by atoms with van der Waals surface area (Å²) in [5.41, 5.74) is 2.32. The second kappa shape index (κ2) is 7.40. The van der Waals surface area contributed by atoms with Gasteiger partial charge >= 0.3 is 0 Å². The molecule has 124 valence electrons. The lowest BCUT2D eigenvalue weighted by atomic mass is 10.0. The van der Waals surface area contributed by atoms with Gasteiger partial charge in [0.1, 0.15) is 0 Å². The van der Waals surface area contributed by atoms with Crippen LogP contribution < -0.4 is 10.6 Å². The number of halogens is 1. The van der Waals surface area contributed by atoms with Crippen LogP contribution >= 0.6 is 27.7 Å². The van der Waals surface area contributed by atoms with Gasteiger partial charge in [0.05, 0.1) is 17.5 Å². The van der Waals surface area contributed by atoms with Crippen LogP contribution in [0.25, 0.3) is 0 Å². The highest BCUT2D eigenvalue weighted by Gasteiger charge is 2.19. The average Bonchev–Trinajstić information content (AvgIpc) is 2.59. The molecule has 24 heavy (non-hydrogen) atoms. The first-order valence-corrected chi connectivity index (χ1v) is 9.47. The van der Waals surface area contributed by atoms with Crippen molar-refractivity contribution in [3.8, 4) is 0 Å². The van der Waals surface area contributed by atoms with Crippen LogP contribution in [0.2, 0.25) is 0 Å². The average molecular weight is 405 g/mol. The van der Waals surface area contributed by atoms with Crippen molar-refractivity contribution in [3.63, 3.8) is 0 Å². The summed E-state index contributed by atoms with van der Waals surface area (Å²) < 4.78 is 1.01. The summed E-state index contributed by atoms with van der Waals surface area (Å²) in [6.07, 6.45) is 0.797. The van der Waals surface area contributed by atoms with E-state index >= 15 is 0 Å². The number of fused-ring (bicyclic) bond motifs is 1. The predicted octanol–water partition coefficient (Wildman–Crippen LogP) is 4.37. The lowest BCUT2D eigenvalue weighted by molar-refractivity contribution is -0.113. The van der Waals surface area contributed by atoms with Gasteiger partial charge in [-0.1, -0.05) is 35.0 Å². The number of nitrogens with one attached hydrogen (secondary N) is 2. The van der Waals surface area contributed by atoms with E-state index in [9.17, 15) is 9.59 Å². The maximum atomic E-state index is 12.6. The number of anilines is 1. The zero-order valence-corrected chi connectivity index (χ0v) is 15.5. The summed E-state index contributed by atoms with van der Waals surface area (Å²) in [6, 6.07) is 13.3. The van der Waals surface area contributed by atoms with Crippen LogP contribution in [-0.2, 0) is 4.79 Å². The maximum Gasteiger partial charge on any atom is 0.251 e. The van der Waals surface area contributed by atoms with Crippen LogP contribution in [0.4, 0.5) is 5.69 Å². The fourth-order valence-corrected chi connectivity index (χ4v) is 3.63. The Morgan fingerprint density at radius 1 is 1.29 bits per heavy atom. The van der Waals surface area contributed by atoms with Crippen LogP contribution in [0.3, 0.4) is 0 Å². The van der Waals surface area contributed by atoms with Gasteiger partial charge in [-0.3, -0.25) is 9.59 Å². The first-order chi connectivity index (χ1) is 11.6. The Kier molecular flexibility index (Phi) is 5.26. The molecule has 2 amide bonds. The summed E-state index contributed by atoms with van der Waals surface area (Å²) in [5, 5.41) is 5.88. The van der Waals surface area contributed by atoms with E-state index < -0.39 is 0 Å². The van der Waals surface area contributed by atoms with Gasteiger partial charge in [-0.25, -0.2) is 0 Å². The lowest BCUT2D eigenvalue weighted by Crippen LogP contribution is -2.28. The summed E-state index contributed by atoms with van der Waals surface area (Å²) in [7, 11) is 0. The molecule has 1 heterocycles. The first kappa shape index (κ1) is 17.0. The van der Waals surface area contributed by atoms with Crippen LogP contribution in [-0.4, -0.2) is 17.6 Å². The van der Waals surface area contributed by atoms with Gasteiger partial charge < -0.3 is 10.6 Å². The summed E-state index contributed by atoms with van der Waals surface area (Å²) in [4.78, 5) is 25.1. The van der Waals surface area contributed by atoms with Crippen molar-refractivity contribution < 1.29 is 9.59 Å². The van der Waals surface area contributed by atoms with Crippen molar-refractivity contribution in [2.24, 2.45) is 0 Å². The van der Waals surface area contributed by atoms with Crippen LogP contribution in [0, 0.1) is 0 Å². The second-order valence-corrected chi connectivity index (χ2v) is 7.47. The number of thioether (sulfide) groups is 1. The zero-order valence-electron chi connectivity index (χ0n) is 13.1. The van der Waals surface area contributed by atoms with Gasteiger partial charge in [0.25, 0.3) is 5.91 Å². The number of hydrogen-bond acceptors (Lipinski definition) is 3. The molecule has 2 aromatic rings. The molecule has 6 heteroatoms. The highest BCUT2D eigenvalue weighted by atomic mass is 79.9. The minimum Gasteiger partial charge on any atom is -0.345 e. The molecule has 0 radical (unpaired) electrons. The molecule has 0 spiro atoms. The summed E-state index contributed by atoms with van der Waals surface area (Å²) in [5.74, 6) is 0.240. The number of carbonyl (C=O) groups excluding carboxylic acids is 2. The minimum absolute atomic E-state index is 0.0358. The highest BCUT2D eigenvalue weighted by Crippen LogP contribution is 2.32. The fourth-order valence-electron chi connectivity index (χ4n) is 2.58. The number of benzene rings is 2. The monoisotopic (exact) mass is 404 g/mol. The summed E-state index contributed by atoms with van der Waals surface area (Å²) >= 11 is 4.91. The molecule has 0 fully saturated rings. The Bertz CT molecular complexity index is 777. The number of amides is 2. The highest BCUT2D eigenvalue weighted by molar-refractivity contribution is 9.10. The van der Waals surface area contributed by atoms with Crippen molar-refractivity contribution >= 4 is 45.2 Å². The normalized spacial score (nSPS) is 14.5. The van der Waals surface area contributed by atoms with Crippen molar-refractivity contribution in [2.75, 3.05) is 11.1 Å². The molecule has 2 N–H and O–H groups in total. The van der Waals surface area contributed by atoms with Gasteiger partial charge in [-0.05, 0) is 42.3 Å². The number of rotatable bonds is 4. The van der Waals surface area contributed by atoms with Gasteiger partial charge in [0, 0.05) is 14.9 Å². The molecule has 1 atom stereocenters. The van der Waals surface area contributed by atoms with Crippen LogP contribution in [0.15, 0.2) is 51.8 Å². The van der Waals surface area contributed by atoms with E-state index in [1.54, 1.807) is 12.1 Å². The standard InChI is InChI=1S/C18H17BrN2O2S/c1-2-14(11-3-6-13(19)7-4-11)21-18(23)12-5-8-16-15(9-12)20-17(22)10-24-16/h3-9,14H,2,10H2,1H3,(H,20,22)(H,21,23). The van der Waals surface area contributed by atoms with Gasteiger partial charge in [0.15, 0.2) is 0 Å². The molecule has 0 saturated carbocycles. The van der Waals surface area contributed by atoms with E-state index in [0.29, 0.717) is 17.0 Å². The lowest BCUT2D eigenvalue weighted by Gasteiger charge is -2.20. The molecule has 0 bridgehead atoms. The maximum absolute atomic E-state index is 12.6. The molecule has 2 aromatic carbocycles. The largest absolute Gasteiger partial charge is 0.345 e. The molecule has 4 nitrogen and oxygen atoms in total. The quantitative estimate of drug-likeness (QED) is 0.794. The van der Waals surface area contributed by atoms with Gasteiger partial charge in [-0.2, -0.15) is 0 Å². The van der Waals surface area contributed by atoms with Crippen LogP contribution in [0.5, 0.6) is 0 Å². The molecular formula is C18H17BrN2O2S. The van der Waals surface area contributed by atoms with Crippen molar-refractivity contribution in [2.45, 2.75) is 24.3 Å². The van der Waals surface area contributed by atoms with Gasteiger partial charge in [0.2, 0.25) is 5.91 Å². The second-order valence-electron chi connectivity index (χ2n) is 5.53. The fraction of sp³-hybridized carbons (Fsp3) is 0.222. The van der Waals surface area contributed by atoms with E-state index in [2.05, 4.69) is 26.6 Å². The molecule has 0 saturated heterocycles. The Hall–Kier alpha value is -1.79. The zero-order chi connectivity index (χ0) is 17.1. The number of hydrogen-bond donors (Lipinski definition) is 2. The van der Waals surface area contributed by atoms with Crippen molar-refractivity contribution in [1.29, 1.82) is 0 Å². The van der Waals surface area contributed by atoms with Crippen LogP contribution in [0.1, 0.15) is 35.3 Å². The molecule has 1 unspecified atom stereocenters. The summed E-state index contributed by atoms with van der Waals surface area (Å²) in [6.45, 7) is 2.04. The smallest absolute Gasteiger partial charge is 0.251 e. The SMILES string of the molecule is CCC(NC(=O)c1ccc2c(c1)NC(=O)CS2)c1ccc(Br)cc1. The first-order valence-electron chi connectivity index (χ1n) is 7.70. The van der Waals surface area contributed by atoms with E-state index in [0.717, 1.165) is 21.4 Å². The Morgan fingerprint density at radius 2 is 2.04 bits per heavy atom. The van der Waals surface area contributed by atoms with E-state index in [-0.39, 0.29) is 17.9 Å². The van der Waals surface area contributed by atoms with Gasteiger partial charge in [-0.15, -0.1) is 11.8 Å². The molecule has 0 aromatic heterocycles. The molecule has 0 aliphatic carbocycles. The Morgan fingerprint density at radius 3 is 2.75 bits per heavy atom. The third-order valence-electron chi connectivity index (χ3n) is 3.86. The Labute approximate surface area is 153 Å². The minimum atomic E-state index is -0.141. The molecule has 1 aliphatic heterocycles. The topological polar surface area (TPSA) is 58.2 Å².